The van der Waals surface area contributed by atoms with E-state index in [0.717, 1.165) is 0 Å². The van der Waals surface area contributed by atoms with E-state index in [2.05, 4.69) is 4.74 Å². The predicted octanol–water partition coefficient (Wildman–Crippen LogP) is 2.56. The van der Waals surface area contributed by atoms with E-state index >= 15 is 0 Å². The molecule has 1 rings (SSSR count). The van der Waals surface area contributed by atoms with Crippen molar-refractivity contribution in [1.82, 2.24) is 0 Å². The van der Waals surface area contributed by atoms with Crippen LogP contribution in [0.4, 0.5) is 8.78 Å². The lowest BCUT2D eigenvalue weighted by Gasteiger charge is -2.08. The molecule has 0 aliphatic heterocycles. The van der Waals surface area contributed by atoms with E-state index in [9.17, 15) is 13.9 Å². The number of hydrogen-bond donors (Lipinski definition) is 1. The van der Waals surface area contributed by atoms with Gasteiger partial charge in [0, 0.05) is 0 Å². The largest absolute Gasteiger partial charge is 0.435 e. The maximum atomic E-state index is 11.8. The molecule has 0 saturated carbocycles. The molecule has 0 radical (unpaired) electrons. The maximum Gasteiger partial charge on any atom is 0.387 e. The third-order valence-corrected chi connectivity index (χ3v) is 1.93. The Morgan fingerprint density at radius 2 is 1.86 bits per heavy atom. The SMILES string of the molecule is OC(CCl)c1ccc(OC(F)F)cc1. The Bertz CT molecular complexity index is 277. The molecule has 0 saturated heterocycles. The molecule has 0 aliphatic carbocycles. The summed E-state index contributed by atoms with van der Waals surface area (Å²) < 4.78 is 27.6. The minimum absolute atomic E-state index is 0.0607. The normalized spacial score (nSPS) is 12.9. The minimum atomic E-state index is -2.83. The molecular formula is C9H9ClF2O2. The Hall–Kier alpha value is -0.870. The lowest BCUT2D eigenvalue weighted by atomic mass is 10.1. The molecular weight excluding hydrogens is 214 g/mol. The fraction of sp³-hybridized carbons (Fsp3) is 0.333. The van der Waals surface area contributed by atoms with Gasteiger partial charge < -0.3 is 9.84 Å². The Balaban J connectivity index is 2.68. The number of aliphatic hydroxyl groups is 1. The molecule has 1 N–H and O–H groups in total. The fourth-order valence-electron chi connectivity index (χ4n) is 0.961. The molecule has 0 bridgehead atoms. The van der Waals surface area contributed by atoms with Crippen molar-refractivity contribution in [3.05, 3.63) is 29.8 Å². The van der Waals surface area contributed by atoms with E-state index in [1.54, 1.807) is 0 Å². The molecule has 0 spiro atoms. The van der Waals surface area contributed by atoms with Crippen molar-refractivity contribution in [2.24, 2.45) is 0 Å². The van der Waals surface area contributed by atoms with Gasteiger partial charge in [-0.25, -0.2) is 0 Å². The van der Waals surface area contributed by atoms with Crippen molar-refractivity contribution < 1.29 is 18.6 Å². The van der Waals surface area contributed by atoms with Crippen LogP contribution in [0.1, 0.15) is 11.7 Å². The first-order valence-corrected chi connectivity index (χ1v) is 4.45. The van der Waals surface area contributed by atoms with Crippen molar-refractivity contribution >= 4 is 11.6 Å². The van der Waals surface area contributed by atoms with Gasteiger partial charge in [-0.3, -0.25) is 0 Å². The summed E-state index contributed by atoms with van der Waals surface area (Å²) >= 11 is 5.41. The lowest BCUT2D eigenvalue weighted by Crippen LogP contribution is -2.02. The van der Waals surface area contributed by atoms with Gasteiger partial charge in [0.25, 0.3) is 0 Å². The summed E-state index contributed by atoms with van der Waals surface area (Å²) in [6.07, 6.45) is -0.780. The number of hydrogen-bond acceptors (Lipinski definition) is 2. The molecule has 0 fully saturated rings. The van der Waals surface area contributed by atoms with E-state index in [1.807, 2.05) is 0 Å². The molecule has 1 unspecified atom stereocenters. The molecule has 0 amide bonds. The van der Waals surface area contributed by atoms with Gasteiger partial charge in [0.2, 0.25) is 0 Å². The molecule has 0 heterocycles. The van der Waals surface area contributed by atoms with Gasteiger partial charge in [-0.2, -0.15) is 8.78 Å². The van der Waals surface area contributed by atoms with Gasteiger partial charge in [-0.05, 0) is 17.7 Å². The summed E-state index contributed by atoms with van der Waals surface area (Å²) in [5.41, 5.74) is 0.571. The molecule has 1 aromatic carbocycles. The predicted molar refractivity (Wildman–Crippen MR) is 48.8 cm³/mol. The molecule has 0 aliphatic rings. The Kier molecular flexibility index (Phi) is 4.10. The summed E-state index contributed by atoms with van der Waals surface area (Å²) in [4.78, 5) is 0. The van der Waals surface area contributed by atoms with Crippen LogP contribution in [-0.4, -0.2) is 17.6 Å². The number of halogens is 3. The highest BCUT2D eigenvalue weighted by molar-refractivity contribution is 6.18. The van der Waals surface area contributed by atoms with E-state index in [4.69, 9.17) is 11.6 Å². The van der Waals surface area contributed by atoms with Crippen LogP contribution < -0.4 is 4.74 Å². The second-order valence-corrected chi connectivity index (χ2v) is 2.93. The summed E-state index contributed by atoms with van der Waals surface area (Å²) in [7, 11) is 0. The van der Waals surface area contributed by atoms with Crippen LogP contribution in [-0.2, 0) is 0 Å². The molecule has 78 valence electrons. The second kappa shape index (κ2) is 5.12. The maximum absolute atomic E-state index is 11.8. The molecule has 1 atom stereocenters. The first-order valence-electron chi connectivity index (χ1n) is 3.92. The van der Waals surface area contributed by atoms with Gasteiger partial charge in [0.15, 0.2) is 0 Å². The zero-order chi connectivity index (χ0) is 10.6. The Morgan fingerprint density at radius 1 is 1.29 bits per heavy atom. The molecule has 5 heteroatoms. The second-order valence-electron chi connectivity index (χ2n) is 2.62. The fourth-order valence-corrected chi connectivity index (χ4v) is 1.14. The Labute approximate surface area is 85.1 Å². The first-order chi connectivity index (χ1) is 6.63. The minimum Gasteiger partial charge on any atom is -0.435 e. The molecule has 0 aromatic heterocycles. The molecule has 1 aromatic rings. The highest BCUT2D eigenvalue weighted by Gasteiger charge is 2.07. The monoisotopic (exact) mass is 222 g/mol. The number of ether oxygens (including phenoxy) is 1. The van der Waals surface area contributed by atoms with Crippen molar-refractivity contribution in [1.29, 1.82) is 0 Å². The van der Waals surface area contributed by atoms with E-state index in [1.165, 1.54) is 24.3 Å². The van der Waals surface area contributed by atoms with Crippen LogP contribution in [0, 0.1) is 0 Å². The van der Waals surface area contributed by atoms with Crippen LogP contribution in [0.3, 0.4) is 0 Å². The topological polar surface area (TPSA) is 29.5 Å². The van der Waals surface area contributed by atoms with Gasteiger partial charge in [0.1, 0.15) is 5.75 Å². The lowest BCUT2D eigenvalue weighted by molar-refractivity contribution is -0.0498. The third kappa shape index (κ3) is 3.12. The van der Waals surface area contributed by atoms with Crippen LogP contribution in [0.15, 0.2) is 24.3 Å². The highest BCUT2D eigenvalue weighted by Crippen LogP contribution is 2.19. The van der Waals surface area contributed by atoms with Crippen LogP contribution >= 0.6 is 11.6 Å². The van der Waals surface area contributed by atoms with E-state index in [-0.39, 0.29) is 11.6 Å². The zero-order valence-corrected chi connectivity index (χ0v) is 7.92. The average Bonchev–Trinajstić information content (AvgIpc) is 2.17. The molecule has 14 heavy (non-hydrogen) atoms. The summed E-state index contributed by atoms with van der Waals surface area (Å²) in [5, 5.41) is 9.28. The quantitative estimate of drug-likeness (QED) is 0.794. The number of rotatable bonds is 4. The summed E-state index contributed by atoms with van der Waals surface area (Å²) in [6, 6.07) is 5.70. The van der Waals surface area contributed by atoms with E-state index in [0.29, 0.717) is 5.56 Å². The molecule has 2 nitrogen and oxygen atoms in total. The summed E-state index contributed by atoms with van der Waals surface area (Å²) in [5.74, 6) is 0.125. The first kappa shape index (κ1) is 11.2. The average molecular weight is 223 g/mol. The number of aliphatic hydroxyl groups excluding tert-OH is 1. The zero-order valence-electron chi connectivity index (χ0n) is 7.16. The van der Waals surface area contributed by atoms with Crippen molar-refractivity contribution in [3.8, 4) is 5.75 Å². The van der Waals surface area contributed by atoms with Crippen molar-refractivity contribution in [2.45, 2.75) is 12.7 Å². The highest BCUT2D eigenvalue weighted by atomic mass is 35.5. The van der Waals surface area contributed by atoms with Crippen LogP contribution in [0.2, 0.25) is 0 Å². The smallest absolute Gasteiger partial charge is 0.387 e. The van der Waals surface area contributed by atoms with Crippen LogP contribution in [0.5, 0.6) is 5.75 Å². The standard InChI is InChI=1S/C9H9ClF2O2/c10-5-8(13)6-1-3-7(4-2-6)14-9(11)12/h1-4,8-9,13H,5H2. The summed E-state index contributed by atoms with van der Waals surface area (Å²) in [6.45, 7) is -2.83. The Morgan fingerprint density at radius 3 is 2.29 bits per heavy atom. The van der Waals surface area contributed by atoms with Gasteiger partial charge >= 0.3 is 6.61 Å². The third-order valence-electron chi connectivity index (χ3n) is 1.64. The van der Waals surface area contributed by atoms with E-state index < -0.39 is 12.7 Å². The van der Waals surface area contributed by atoms with Gasteiger partial charge in [-0.15, -0.1) is 11.6 Å². The van der Waals surface area contributed by atoms with Crippen molar-refractivity contribution in [3.63, 3.8) is 0 Å². The number of alkyl halides is 3. The van der Waals surface area contributed by atoms with Gasteiger partial charge in [0.05, 0.1) is 12.0 Å². The number of benzene rings is 1. The van der Waals surface area contributed by atoms with Crippen LogP contribution in [0.25, 0.3) is 0 Å². The van der Waals surface area contributed by atoms with Gasteiger partial charge in [-0.1, -0.05) is 12.1 Å². The van der Waals surface area contributed by atoms with Crippen molar-refractivity contribution in [2.75, 3.05) is 5.88 Å².